The number of hydrogen-bond donors (Lipinski definition) is 0. The zero-order valence-corrected chi connectivity index (χ0v) is 15.7. The molecule has 0 bridgehead atoms. The monoisotopic (exact) mass is 369 g/mol. The standard InChI is InChI=1S/C20H23N3O4/c1-22-13-18(24)23(12-15-19(27-3)17(26-2)9-10-21-15)16(20(22)25)11-14-7-5-4-6-8-14/h4-10,16H,11-13H2,1-3H3/t16-/m1/s1. The van der Waals surface area contributed by atoms with Crippen LogP contribution in [0.4, 0.5) is 0 Å². The highest BCUT2D eigenvalue weighted by atomic mass is 16.5. The van der Waals surface area contributed by atoms with E-state index in [0.717, 1.165) is 5.56 Å². The molecule has 0 aliphatic carbocycles. The van der Waals surface area contributed by atoms with Gasteiger partial charge in [-0.2, -0.15) is 0 Å². The van der Waals surface area contributed by atoms with Crippen LogP contribution in [0.3, 0.4) is 0 Å². The molecular weight excluding hydrogens is 346 g/mol. The molecule has 1 saturated heterocycles. The molecule has 1 aliphatic rings. The molecule has 2 amide bonds. The van der Waals surface area contributed by atoms with E-state index in [4.69, 9.17) is 9.47 Å². The van der Waals surface area contributed by atoms with Crippen LogP contribution >= 0.6 is 0 Å². The minimum Gasteiger partial charge on any atom is -0.493 e. The fourth-order valence-corrected chi connectivity index (χ4v) is 3.29. The van der Waals surface area contributed by atoms with Crippen LogP contribution in [-0.4, -0.2) is 60.5 Å². The Morgan fingerprint density at radius 2 is 1.85 bits per heavy atom. The summed E-state index contributed by atoms with van der Waals surface area (Å²) in [4.78, 5) is 33.0. The summed E-state index contributed by atoms with van der Waals surface area (Å²) in [5.41, 5.74) is 1.55. The zero-order valence-electron chi connectivity index (χ0n) is 15.7. The summed E-state index contributed by atoms with van der Waals surface area (Å²) in [5, 5.41) is 0. The van der Waals surface area contributed by atoms with E-state index in [2.05, 4.69) is 4.98 Å². The van der Waals surface area contributed by atoms with E-state index < -0.39 is 6.04 Å². The zero-order chi connectivity index (χ0) is 19.4. The van der Waals surface area contributed by atoms with Gasteiger partial charge in [-0.3, -0.25) is 14.6 Å². The summed E-state index contributed by atoms with van der Waals surface area (Å²) in [7, 11) is 4.73. The van der Waals surface area contributed by atoms with Gasteiger partial charge in [-0.1, -0.05) is 30.3 Å². The van der Waals surface area contributed by atoms with Gasteiger partial charge in [0.05, 0.1) is 27.3 Å². The maximum absolute atomic E-state index is 12.8. The molecule has 1 aromatic carbocycles. The molecule has 0 unspecified atom stereocenters. The van der Waals surface area contributed by atoms with Crippen molar-refractivity contribution in [3.8, 4) is 11.5 Å². The number of benzene rings is 1. The third kappa shape index (κ3) is 3.86. The van der Waals surface area contributed by atoms with Crippen LogP contribution < -0.4 is 9.47 Å². The molecule has 7 heteroatoms. The molecule has 1 aromatic heterocycles. The number of pyridine rings is 1. The second kappa shape index (κ2) is 8.07. The lowest BCUT2D eigenvalue weighted by molar-refractivity contribution is -0.155. The smallest absolute Gasteiger partial charge is 0.245 e. The van der Waals surface area contributed by atoms with E-state index in [1.807, 2.05) is 30.3 Å². The van der Waals surface area contributed by atoms with E-state index in [9.17, 15) is 9.59 Å². The van der Waals surface area contributed by atoms with E-state index in [1.54, 1.807) is 31.3 Å². The van der Waals surface area contributed by atoms with Crippen LogP contribution in [0, 0.1) is 0 Å². The fraction of sp³-hybridized carbons (Fsp3) is 0.350. The van der Waals surface area contributed by atoms with E-state index in [-0.39, 0.29) is 24.9 Å². The van der Waals surface area contributed by atoms with Crippen LogP contribution in [-0.2, 0) is 22.6 Å². The number of nitrogens with zero attached hydrogens (tertiary/aromatic N) is 3. The molecule has 0 radical (unpaired) electrons. The first kappa shape index (κ1) is 18.7. The van der Waals surface area contributed by atoms with Crippen LogP contribution in [0.1, 0.15) is 11.3 Å². The Morgan fingerprint density at radius 3 is 2.52 bits per heavy atom. The minimum absolute atomic E-state index is 0.0520. The van der Waals surface area contributed by atoms with Gasteiger partial charge in [0.2, 0.25) is 11.8 Å². The van der Waals surface area contributed by atoms with Gasteiger partial charge in [0, 0.05) is 25.7 Å². The SMILES string of the molecule is COc1ccnc(CN2C(=O)CN(C)C(=O)[C@H]2Cc2ccccc2)c1OC. The second-order valence-corrected chi connectivity index (χ2v) is 6.41. The molecule has 0 N–H and O–H groups in total. The number of likely N-dealkylation sites (N-methyl/N-ethyl adjacent to an activating group) is 1. The predicted molar refractivity (Wildman–Crippen MR) is 99.5 cm³/mol. The second-order valence-electron chi connectivity index (χ2n) is 6.41. The van der Waals surface area contributed by atoms with Gasteiger partial charge in [0.15, 0.2) is 11.5 Å². The summed E-state index contributed by atoms with van der Waals surface area (Å²) in [6.07, 6.45) is 2.05. The molecule has 2 heterocycles. The largest absolute Gasteiger partial charge is 0.493 e. The Bertz CT molecular complexity index is 825. The highest BCUT2D eigenvalue weighted by molar-refractivity contribution is 5.94. The van der Waals surface area contributed by atoms with Gasteiger partial charge >= 0.3 is 0 Å². The number of hydrogen-bond acceptors (Lipinski definition) is 5. The van der Waals surface area contributed by atoms with Gasteiger partial charge in [0.1, 0.15) is 11.7 Å². The van der Waals surface area contributed by atoms with E-state index >= 15 is 0 Å². The van der Waals surface area contributed by atoms with Crippen molar-refractivity contribution in [2.75, 3.05) is 27.8 Å². The average Bonchev–Trinajstić information content (AvgIpc) is 2.69. The quantitative estimate of drug-likeness (QED) is 0.772. The van der Waals surface area contributed by atoms with Gasteiger partial charge in [-0.25, -0.2) is 0 Å². The summed E-state index contributed by atoms with van der Waals surface area (Å²) in [5.74, 6) is 0.803. The predicted octanol–water partition coefficient (Wildman–Crippen LogP) is 1.51. The molecule has 3 rings (SSSR count). The fourth-order valence-electron chi connectivity index (χ4n) is 3.29. The van der Waals surface area contributed by atoms with Crippen molar-refractivity contribution in [1.82, 2.24) is 14.8 Å². The van der Waals surface area contributed by atoms with E-state index in [1.165, 1.54) is 12.0 Å². The van der Waals surface area contributed by atoms with Gasteiger partial charge in [-0.15, -0.1) is 0 Å². The summed E-state index contributed by atoms with van der Waals surface area (Å²) in [6, 6.07) is 10.8. The Kier molecular flexibility index (Phi) is 5.59. The highest BCUT2D eigenvalue weighted by Gasteiger charge is 2.38. The molecule has 0 saturated carbocycles. The molecule has 1 aliphatic heterocycles. The Balaban J connectivity index is 1.93. The Labute approximate surface area is 158 Å². The summed E-state index contributed by atoms with van der Waals surface area (Å²) < 4.78 is 10.7. The Hall–Kier alpha value is -3.09. The van der Waals surface area contributed by atoms with Crippen molar-refractivity contribution < 1.29 is 19.1 Å². The van der Waals surface area contributed by atoms with Gasteiger partial charge < -0.3 is 19.3 Å². The molecule has 27 heavy (non-hydrogen) atoms. The van der Waals surface area contributed by atoms with Crippen molar-refractivity contribution in [2.45, 2.75) is 19.0 Å². The van der Waals surface area contributed by atoms with Crippen molar-refractivity contribution in [3.05, 3.63) is 53.9 Å². The van der Waals surface area contributed by atoms with Crippen LogP contribution in [0.2, 0.25) is 0 Å². The lowest BCUT2D eigenvalue weighted by atomic mass is 10.0. The normalized spacial score (nSPS) is 17.2. The van der Waals surface area contributed by atoms with Crippen molar-refractivity contribution >= 4 is 11.8 Å². The molecular formula is C20H23N3O4. The molecule has 0 spiro atoms. The van der Waals surface area contributed by atoms with Gasteiger partial charge in [0.25, 0.3) is 0 Å². The first-order valence-electron chi connectivity index (χ1n) is 8.69. The summed E-state index contributed by atoms with van der Waals surface area (Å²) in [6.45, 7) is 0.229. The number of rotatable bonds is 6. The first-order valence-corrected chi connectivity index (χ1v) is 8.69. The number of carbonyl (C=O) groups is 2. The number of aromatic nitrogens is 1. The van der Waals surface area contributed by atoms with Crippen molar-refractivity contribution in [3.63, 3.8) is 0 Å². The number of carbonyl (C=O) groups excluding carboxylic acids is 2. The molecule has 7 nitrogen and oxygen atoms in total. The minimum atomic E-state index is -0.587. The maximum atomic E-state index is 12.8. The average molecular weight is 369 g/mol. The van der Waals surface area contributed by atoms with Crippen molar-refractivity contribution in [2.24, 2.45) is 0 Å². The van der Waals surface area contributed by atoms with E-state index in [0.29, 0.717) is 23.6 Å². The number of amides is 2. The summed E-state index contributed by atoms with van der Waals surface area (Å²) >= 11 is 0. The molecule has 2 aromatic rings. The first-order chi connectivity index (χ1) is 13.0. The topological polar surface area (TPSA) is 72.0 Å². The molecule has 142 valence electrons. The highest BCUT2D eigenvalue weighted by Crippen LogP contribution is 2.31. The number of ether oxygens (including phenoxy) is 2. The number of piperazine rings is 1. The molecule has 1 atom stereocenters. The molecule has 1 fully saturated rings. The third-order valence-electron chi connectivity index (χ3n) is 4.69. The Morgan fingerprint density at radius 1 is 1.11 bits per heavy atom. The lowest BCUT2D eigenvalue weighted by Gasteiger charge is -2.39. The third-order valence-corrected chi connectivity index (χ3v) is 4.69. The van der Waals surface area contributed by atoms with Crippen molar-refractivity contribution in [1.29, 1.82) is 0 Å². The van der Waals surface area contributed by atoms with Gasteiger partial charge in [-0.05, 0) is 5.56 Å². The lowest BCUT2D eigenvalue weighted by Crippen LogP contribution is -2.59. The number of methoxy groups -OCH3 is 2. The van der Waals surface area contributed by atoms with Crippen LogP contribution in [0.25, 0.3) is 0 Å². The van der Waals surface area contributed by atoms with Crippen LogP contribution in [0.5, 0.6) is 11.5 Å². The van der Waals surface area contributed by atoms with Crippen LogP contribution in [0.15, 0.2) is 42.6 Å². The maximum Gasteiger partial charge on any atom is 0.245 e.